The Bertz CT molecular complexity index is 679. The highest BCUT2D eigenvalue weighted by atomic mass is 32.2. The van der Waals surface area contributed by atoms with Gasteiger partial charge in [0.1, 0.15) is 22.6 Å². The number of hydrogen-bond donors (Lipinski definition) is 1. The molecule has 1 atom stereocenters. The molecule has 0 bridgehead atoms. The van der Waals surface area contributed by atoms with E-state index in [1.807, 2.05) is 6.07 Å². The molecule has 1 aliphatic carbocycles. The molecule has 1 aromatic heterocycles. The topological polar surface area (TPSA) is 70.7 Å². The lowest BCUT2D eigenvalue weighted by Gasteiger charge is -2.36. The van der Waals surface area contributed by atoms with E-state index >= 15 is 0 Å². The number of carboxylic acids is 1. The first kappa shape index (κ1) is 11.8. The van der Waals surface area contributed by atoms with Crippen LogP contribution in [0.25, 0.3) is 6.08 Å². The molecule has 1 N–H and O–H groups in total. The van der Waals surface area contributed by atoms with Crippen LogP contribution in [0, 0.1) is 0 Å². The third kappa shape index (κ3) is 1.51. The van der Waals surface area contributed by atoms with E-state index in [0.29, 0.717) is 11.3 Å². The highest BCUT2D eigenvalue weighted by Crippen LogP contribution is 2.45. The maximum absolute atomic E-state index is 12.0. The van der Waals surface area contributed by atoms with Crippen molar-refractivity contribution in [1.82, 2.24) is 4.90 Å². The summed E-state index contributed by atoms with van der Waals surface area (Å²) in [6.45, 7) is 0. The van der Waals surface area contributed by atoms with Crippen LogP contribution in [0.15, 0.2) is 27.2 Å². The standard InChI is InChI=1S/C14H11NO4S/c16-12-9(13-15(12)10(6-20-13)14(17)18)5-8-4-7-2-1-3-11(7)19-8/h4-6,13H,1-3H2,(H,17,18)/b9-5-/t13-/m1/s1. The van der Waals surface area contributed by atoms with Crippen molar-refractivity contribution in [3.8, 4) is 0 Å². The van der Waals surface area contributed by atoms with Gasteiger partial charge in [-0.2, -0.15) is 0 Å². The highest BCUT2D eigenvalue weighted by molar-refractivity contribution is 8.03. The SMILES string of the molecule is O=C(O)C1=CS[C@@H]2/C(=C\c3cc4c(o3)CCC4)C(=O)N12. The quantitative estimate of drug-likeness (QED) is 0.666. The Morgan fingerprint density at radius 2 is 2.35 bits per heavy atom. The summed E-state index contributed by atoms with van der Waals surface area (Å²) in [4.78, 5) is 24.3. The molecule has 1 amide bonds. The van der Waals surface area contributed by atoms with Crippen LogP contribution in [0.2, 0.25) is 0 Å². The van der Waals surface area contributed by atoms with Gasteiger partial charge in [-0.15, -0.1) is 11.8 Å². The molecule has 0 spiro atoms. The van der Waals surface area contributed by atoms with Gasteiger partial charge in [0.05, 0.1) is 5.57 Å². The van der Waals surface area contributed by atoms with Crippen LogP contribution in [-0.2, 0) is 22.4 Å². The smallest absolute Gasteiger partial charge is 0.353 e. The van der Waals surface area contributed by atoms with Gasteiger partial charge in [-0.25, -0.2) is 4.79 Å². The van der Waals surface area contributed by atoms with E-state index in [2.05, 4.69) is 0 Å². The number of carbonyl (C=O) groups excluding carboxylic acids is 1. The fraction of sp³-hybridized carbons (Fsp3) is 0.286. The Kier molecular flexibility index (Phi) is 2.38. The van der Waals surface area contributed by atoms with E-state index < -0.39 is 5.97 Å². The Hall–Kier alpha value is -1.95. The minimum Gasteiger partial charge on any atom is -0.477 e. The van der Waals surface area contributed by atoms with E-state index in [1.165, 1.54) is 27.6 Å². The summed E-state index contributed by atoms with van der Waals surface area (Å²) in [5, 5.41) is 10.3. The van der Waals surface area contributed by atoms with Crippen LogP contribution >= 0.6 is 11.8 Å². The molecule has 1 fully saturated rings. The van der Waals surface area contributed by atoms with Crippen molar-refractivity contribution in [2.45, 2.75) is 24.6 Å². The average Bonchev–Trinajstić information content (AvgIpc) is 3.07. The van der Waals surface area contributed by atoms with Crippen LogP contribution in [0.5, 0.6) is 0 Å². The largest absolute Gasteiger partial charge is 0.477 e. The number of fused-ring (bicyclic) bond motifs is 2. The molecule has 2 aliphatic heterocycles. The number of amides is 1. The van der Waals surface area contributed by atoms with E-state index in [9.17, 15) is 9.59 Å². The molecule has 20 heavy (non-hydrogen) atoms. The van der Waals surface area contributed by atoms with Gasteiger partial charge in [0.2, 0.25) is 0 Å². The van der Waals surface area contributed by atoms with Crippen LogP contribution in [0.4, 0.5) is 0 Å². The number of carbonyl (C=O) groups is 2. The third-order valence-electron chi connectivity index (χ3n) is 3.82. The molecule has 1 aromatic rings. The molecule has 5 nitrogen and oxygen atoms in total. The first-order valence-corrected chi connectivity index (χ1v) is 7.35. The number of carboxylic acid groups (broad SMARTS) is 1. The molecule has 0 unspecified atom stereocenters. The monoisotopic (exact) mass is 289 g/mol. The highest BCUT2D eigenvalue weighted by Gasteiger charge is 2.49. The molecule has 6 heteroatoms. The zero-order valence-electron chi connectivity index (χ0n) is 10.5. The second kappa shape index (κ2) is 4.02. The van der Waals surface area contributed by atoms with Crippen molar-refractivity contribution in [2.24, 2.45) is 0 Å². The van der Waals surface area contributed by atoms with E-state index in [1.54, 1.807) is 6.08 Å². The Labute approximate surface area is 118 Å². The number of hydrogen-bond acceptors (Lipinski definition) is 4. The number of β-lactam (4-membered cyclic amide) rings is 1. The molecule has 3 heterocycles. The van der Waals surface area contributed by atoms with Crippen molar-refractivity contribution >= 4 is 29.7 Å². The first-order chi connectivity index (χ1) is 9.65. The predicted molar refractivity (Wildman–Crippen MR) is 72.7 cm³/mol. The predicted octanol–water partition coefficient (Wildman–Crippen LogP) is 1.99. The second-order valence-corrected chi connectivity index (χ2v) is 5.98. The van der Waals surface area contributed by atoms with Crippen LogP contribution in [0.1, 0.15) is 23.5 Å². The molecule has 102 valence electrons. The van der Waals surface area contributed by atoms with Crippen LogP contribution in [0.3, 0.4) is 0 Å². The van der Waals surface area contributed by atoms with Crippen molar-refractivity contribution in [2.75, 3.05) is 0 Å². The second-order valence-electron chi connectivity index (χ2n) is 5.02. The number of furan rings is 1. The lowest BCUT2D eigenvalue weighted by atomic mass is 10.0. The molecular weight excluding hydrogens is 278 g/mol. The van der Waals surface area contributed by atoms with E-state index in [-0.39, 0.29) is 17.0 Å². The molecule has 0 aromatic carbocycles. The van der Waals surface area contributed by atoms with Gasteiger partial charge in [0, 0.05) is 11.8 Å². The Balaban J connectivity index is 1.61. The Morgan fingerprint density at radius 1 is 1.50 bits per heavy atom. The molecule has 3 aliphatic rings. The summed E-state index contributed by atoms with van der Waals surface area (Å²) in [5.74, 6) is 0.403. The third-order valence-corrected chi connectivity index (χ3v) is 4.90. The first-order valence-electron chi connectivity index (χ1n) is 6.41. The van der Waals surface area contributed by atoms with Gasteiger partial charge in [0.15, 0.2) is 0 Å². The minimum absolute atomic E-state index is 0.0593. The zero-order valence-corrected chi connectivity index (χ0v) is 11.3. The van der Waals surface area contributed by atoms with E-state index in [4.69, 9.17) is 9.52 Å². The van der Waals surface area contributed by atoms with Gasteiger partial charge in [-0.05, 0) is 30.5 Å². The lowest BCUT2D eigenvalue weighted by molar-refractivity contribution is -0.141. The van der Waals surface area contributed by atoms with Crippen molar-refractivity contribution < 1.29 is 19.1 Å². The molecule has 1 saturated heterocycles. The van der Waals surface area contributed by atoms with Crippen LogP contribution in [-0.4, -0.2) is 27.3 Å². The summed E-state index contributed by atoms with van der Waals surface area (Å²) in [6, 6.07) is 1.98. The van der Waals surface area contributed by atoms with Gasteiger partial charge in [-0.1, -0.05) is 0 Å². The molecule has 4 rings (SSSR count). The summed E-state index contributed by atoms with van der Waals surface area (Å²) in [6.07, 6.45) is 4.86. The van der Waals surface area contributed by atoms with Gasteiger partial charge in [0.25, 0.3) is 5.91 Å². The maximum Gasteiger partial charge on any atom is 0.353 e. The van der Waals surface area contributed by atoms with Gasteiger partial charge >= 0.3 is 5.97 Å². The van der Waals surface area contributed by atoms with Gasteiger partial charge < -0.3 is 9.52 Å². The maximum atomic E-state index is 12.0. The average molecular weight is 289 g/mol. The van der Waals surface area contributed by atoms with Crippen LogP contribution < -0.4 is 0 Å². The summed E-state index contributed by atoms with van der Waals surface area (Å²) in [7, 11) is 0. The number of nitrogens with zero attached hydrogens (tertiary/aromatic N) is 1. The normalized spacial score (nSPS) is 25.5. The minimum atomic E-state index is -1.07. The van der Waals surface area contributed by atoms with Crippen molar-refractivity contribution in [1.29, 1.82) is 0 Å². The zero-order chi connectivity index (χ0) is 13.9. The summed E-state index contributed by atoms with van der Waals surface area (Å²) in [5.41, 5.74) is 1.89. The van der Waals surface area contributed by atoms with E-state index in [0.717, 1.165) is 25.0 Å². The fourth-order valence-electron chi connectivity index (χ4n) is 2.84. The fourth-order valence-corrected chi connectivity index (χ4v) is 3.96. The summed E-state index contributed by atoms with van der Waals surface area (Å²) >= 11 is 1.34. The molecular formula is C14H11NO4S. The Morgan fingerprint density at radius 3 is 3.10 bits per heavy atom. The molecule has 0 radical (unpaired) electrons. The number of aryl methyl sites for hydroxylation is 2. The van der Waals surface area contributed by atoms with Crippen molar-refractivity contribution in [3.63, 3.8) is 0 Å². The number of aliphatic carboxylic acids is 1. The summed E-state index contributed by atoms with van der Waals surface area (Å²) < 4.78 is 5.71. The lowest BCUT2D eigenvalue weighted by Crippen LogP contribution is -2.51. The van der Waals surface area contributed by atoms with Crippen molar-refractivity contribution in [3.05, 3.63) is 39.8 Å². The van der Waals surface area contributed by atoms with Gasteiger partial charge in [-0.3, -0.25) is 9.69 Å². The number of thioether (sulfide) groups is 1. The molecule has 0 saturated carbocycles. The number of rotatable bonds is 2.